The number of hydrogen-bond donors (Lipinski definition) is 2. The van der Waals surface area contributed by atoms with E-state index in [0.29, 0.717) is 6.42 Å². The van der Waals surface area contributed by atoms with Crippen molar-refractivity contribution >= 4 is 5.78 Å². The topological polar surface area (TPSA) is 66.8 Å². The third kappa shape index (κ3) is 2.53. The Kier molecular flexibility index (Phi) is 4.04. The van der Waals surface area contributed by atoms with Crippen molar-refractivity contribution in [3.05, 3.63) is 0 Å². The number of ether oxygens (including phenoxy) is 1. The minimum absolute atomic E-state index is 0.0813. The summed E-state index contributed by atoms with van der Waals surface area (Å²) in [7, 11) is 0. The molecule has 0 spiro atoms. The van der Waals surface area contributed by atoms with Crippen LogP contribution in [-0.2, 0) is 9.53 Å². The molecule has 1 heterocycles. The first-order valence-electron chi connectivity index (χ1n) is 5.09. The molecule has 4 atom stereocenters. The van der Waals surface area contributed by atoms with E-state index in [4.69, 9.17) is 4.74 Å². The summed E-state index contributed by atoms with van der Waals surface area (Å²) in [6.07, 6.45) is -1.18. The lowest BCUT2D eigenvalue weighted by molar-refractivity contribution is -0.122. The molecule has 1 aliphatic heterocycles. The fourth-order valence-corrected chi connectivity index (χ4v) is 1.71. The van der Waals surface area contributed by atoms with Crippen molar-refractivity contribution in [2.45, 2.75) is 57.5 Å². The van der Waals surface area contributed by atoms with Crippen molar-refractivity contribution < 1.29 is 19.7 Å². The maximum absolute atomic E-state index is 11.3. The molecule has 0 saturated carbocycles. The molecule has 1 aliphatic rings. The first-order valence-corrected chi connectivity index (χ1v) is 5.09. The Hall–Kier alpha value is -0.450. The van der Waals surface area contributed by atoms with Crippen LogP contribution in [0.3, 0.4) is 0 Å². The van der Waals surface area contributed by atoms with Crippen LogP contribution in [0.2, 0.25) is 0 Å². The van der Waals surface area contributed by atoms with E-state index >= 15 is 0 Å². The highest BCUT2D eigenvalue weighted by molar-refractivity contribution is 5.78. The third-order valence-corrected chi connectivity index (χ3v) is 2.56. The zero-order valence-corrected chi connectivity index (χ0v) is 8.64. The maximum Gasteiger partial charge on any atom is 0.135 e. The average Bonchev–Trinajstić information content (AvgIpc) is 2.34. The lowest BCUT2D eigenvalue weighted by Gasteiger charge is -2.13. The molecule has 0 radical (unpaired) electrons. The Morgan fingerprint density at radius 1 is 1.36 bits per heavy atom. The zero-order chi connectivity index (χ0) is 10.7. The number of carbonyl (C=O) groups excluding carboxylic acids is 1. The number of Topliss-reactive ketones (excluding diaryl/α,β-unsaturated/α-hetero) is 1. The smallest absolute Gasteiger partial charge is 0.135 e. The first-order chi connectivity index (χ1) is 6.56. The molecule has 1 fully saturated rings. The van der Waals surface area contributed by atoms with E-state index in [1.165, 1.54) is 0 Å². The highest BCUT2D eigenvalue weighted by Gasteiger charge is 2.40. The van der Waals surface area contributed by atoms with Crippen LogP contribution in [0.1, 0.15) is 33.1 Å². The number of aliphatic hydroxyl groups excluding tert-OH is 2. The summed E-state index contributed by atoms with van der Waals surface area (Å²) in [6.45, 7) is 3.62. The zero-order valence-electron chi connectivity index (χ0n) is 8.64. The van der Waals surface area contributed by atoms with E-state index in [2.05, 4.69) is 0 Å². The quantitative estimate of drug-likeness (QED) is 0.686. The van der Waals surface area contributed by atoms with Gasteiger partial charge in [-0.1, -0.05) is 6.92 Å². The summed E-state index contributed by atoms with van der Waals surface area (Å²) >= 11 is 0. The van der Waals surface area contributed by atoms with Gasteiger partial charge in [0, 0.05) is 12.8 Å². The van der Waals surface area contributed by atoms with Gasteiger partial charge >= 0.3 is 0 Å². The Morgan fingerprint density at radius 3 is 2.43 bits per heavy atom. The molecular formula is C10H18O4. The summed E-state index contributed by atoms with van der Waals surface area (Å²) in [5.41, 5.74) is 0. The molecule has 0 bridgehead atoms. The number of carbonyl (C=O) groups is 1. The number of ketones is 1. The Morgan fingerprint density at radius 2 is 2.00 bits per heavy atom. The van der Waals surface area contributed by atoms with Crippen molar-refractivity contribution in [2.75, 3.05) is 0 Å². The molecule has 0 aromatic rings. The lowest BCUT2D eigenvalue weighted by atomic mass is 10.0. The molecule has 4 heteroatoms. The molecule has 0 aromatic carbocycles. The molecule has 4 nitrogen and oxygen atoms in total. The summed E-state index contributed by atoms with van der Waals surface area (Å²) < 4.78 is 5.28. The van der Waals surface area contributed by atoms with Crippen LogP contribution >= 0.6 is 0 Å². The SMILES string of the molecule is CCCC(=O)CC1OC(C)[C@H](O)[C@@H]1O. The lowest BCUT2D eigenvalue weighted by Crippen LogP contribution is -2.32. The van der Waals surface area contributed by atoms with Crippen LogP contribution in [-0.4, -0.2) is 40.4 Å². The second-order valence-electron chi connectivity index (χ2n) is 3.85. The van der Waals surface area contributed by atoms with Gasteiger partial charge in [-0.05, 0) is 13.3 Å². The number of hydrogen-bond acceptors (Lipinski definition) is 4. The van der Waals surface area contributed by atoms with E-state index in [-0.39, 0.29) is 18.3 Å². The third-order valence-electron chi connectivity index (χ3n) is 2.56. The second kappa shape index (κ2) is 4.87. The average molecular weight is 202 g/mol. The van der Waals surface area contributed by atoms with Gasteiger partial charge in [0.25, 0.3) is 0 Å². The van der Waals surface area contributed by atoms with E-state index in [1.807, 2.05) is 6.92 Å². The molecular weight excluding hydrogens is 184 g/mol. The van der Waals surface area contributed by atoms with Gasteiger partial charge < -0.3 is 14.9 Å². The minimum Gasteiger partial charge on any atom is -0.388 e. The Balaban J connectivity index is 2.43. The van der Waals surface area contributed by atoms with Gasteiger partial charge in [0.2, 0.25) is 0 Å². The summed E-state index contributed by atoms with van der Waals surface area (Å²) in [5.74, 6) is 0.0813. The molecule has 2 unspecified atom stereocenters. The van der Waals surface area contributed by atoms with Crippen LogP contribution in [0.5, 0.6) is 0 Å². The van der Waals surface area contributed by atoms with Gasteiger partial charge in [-0.25, -0.2) is 0 Å². The van der Waals surface area contributed by atoms with Gasteiger partial charge in [-0.15, -0.1) is 0 Å². The van der Waals surface area contributed by atoms with E-state index in [9.17, 15) is 15.0 Å². The van der Waals surface area contributed by atoms with Crippen molar-refractivity contribution in [2.24, 2.45) is 0 Å². The highest BCUT2D eigenvalue weighted by Crippen LogP contribution is 2.23. The normalized spacial score (nSPS) is 37.4. The Bertz CT molecular complexity index is 204. The van der Waals surface area contributed by atoms with Crippen molar-refractivity contribution in [1.82, 2.24) is 0 Å². The van der Waals surface area contributed by atoms with Gasteiger partial charge in [0.1, 0.15) is 18.0 Å². The molecule has 1 rings (SSSR count). The molecule has 1 saturated heterocycles. The van der Waals surface area contributed by atoms with E-state index in [0.717, 1.165) is 6.42 Å². The summed E-state index contributed by atoms with van der Waals surface area (Å²) in [5, 5.41) is 18.9. The van der Waals surface area contributed by atoms with Crippen LogP contribution in [0.4, 0.5) is 0 Å². The van der Waals surface area contributed by atoms with Crippen LogP contribution < -0.4 is 0 Å². The van der Waals surface area contributed by atoms with Gasteiger partial charge in [0.15, 0.2) is 0 Å². The number of rotatable bonds is 4. The fraction of sp³-hybridized carbons (Fsp3) is 0.900. The molecule has 2 N–H and O–H groups in total. The summed E-state index contributed by atoms with van der Waals surface area (Å²) in [6, 6.07) is 0. The predicted molar refractivity (Wildman–Crippen MR) is 50.9 cm³/mol. The van der Waals surface area contributed by atoms with Crippen LogP contribution in [0.15, 0.2) is 0 Å². The van der Waals surface area contributed by atoms with Gasteiger partial charge in [-0.2, -0.15) is 0 Å². The van der Waals surface area contributed by atoms with E-state index < -0.39 is 18.3 Å². The van der Waals surface area contributed by atoms with Crippen molar-refractivity contribution in [1.29, 1.82) is 0 Å². The second-order valence-corrected chi connectivity index (χ2v) is 3.85. The van der Waals surface area contributed by atoms with Crippen LogP contribution in [0, 0.1) is 0 Å². The molecule has 0 amide bonds. The molecule has 14 heavy (non-hydrogen) atoms. The molecule has 0 aromatic heterocycles. The van der Waals surface area contributed by atoms with Gasteiger partial charge in [0.05, 0.1) is 12.2 Å². The minimum atomic E-state index is -0.925. The van der Waals surface area contributed by atoms with E-state index in [1.54, 1.807) is 6.92 Å². The van der Waals surface area contributed by atoms with Crippen molar-refractivity contribution in [3.63, 3.8) is 0 Å². The standard InChI is InChI=1S/C10H18O4/c1-3-4-7(11)5-8-10(13)9(12)6(2)14-8/h6,8-10,12-13H,3-5H2,1-2H3/t6?,8?,9-,10+/m0/s1. The summed E-state index contributed by atoms with van der Waals surface area (Å²) in [4.78, 5) is 11.3. The maximum atomic E-state index is 11.3. The fourth-order valence-electron chi connectivity index (χ4n) is 1.71. The molecule has 82 valence electrons. The highest BCUT2D eigenvalue weighted by atomic mass is 16.5. The Labute approximate surface area is 83.9 Å². The van der Waals surface area contributed by atoms with Gasteiger partial charge in [-0.3, -0.25) is 4.79 Å². The van der Waals surface area contributed by atoms with Crippen LogP contribution in [0.25, 0.3) is 0 Å². The molecule has 0 aliphatic carbocycles. The monoisotopic (exact) mass is 202 g/mol. The largest absolute Gasteiger partial charge is 0.388 e. The first kappa shape index (κ1) is 11.6. The van der Waals surface area contributed by atoms with Crippen molar-refractivity contribution in [3.8, 4) is 0 Å². The number of aliphatic hydroxyl groups is 2. The predicted octanol–water partition coefficient (Wildman–Crippen LogP) is 0.255.